The molecule has 6 heteroatoms. The van der Waals surface area contributed by atoms with Crippen molar-refractivity contribution in [3.8, 4) is 0 Å². The lowest BCUT2D eigenvalue weighted by molar-refractivity contribution is -0.121. The summed E-state index contributed by atoms with van der Waals surface area (Å²) in [5, 5.41) is 11.4. The predicted molar refractivity (Wildman–Crippen MR) is 52.0 cm³/mol. The fourth-order valence-electron chi connectivity index (χ4n) is 1.06. The van der Waals surface area contributed by atoms with Gasteiger partial charge in [0.25, 0.3) is 9.70 Å². The van der Waals surface area contributed by atoms with E-state index < -0.39 is 9.70 Å². The molecule has 2 N–H and O–H groups in total. The van der Waals surface area contributed by atoms with Gasteiger partial charge in [-0.25, -0.2) is 0 Å². The third-order valence-electron chi connectivity index (χ3n) is 1.96. The number of amides is 1. The van der Waals surface area contributed by atoms with Gasteiger partial charge < -0.3 is 10.4 Å². The smallest absolute Gasteiger partial charge is 0.272 e. The van der Waals surface area contributed by atoms with E-state index in [1.807, 2.05) is 0 Å². The van der Waals surface area contributed by atoms with Gasteiger partial charge in [-0.1, -0.05) is 34.8 Å². The molecule has 13 heavy (non-hydrogen) atoms. The Morgan fingerprint density at radius 2 is 2.08 bits per heavy atom. The number of halogens is 3. The van der Waals surface area contributed by atoms with Crippen LogP contribution in [0.1, 0.15) is 12.8 Å². The summed E-state index contributed by atoms with van der Waals surface area (Å²) in [6.45, 7) is -0.114. The third kappa shape index (κ3) is 3.50. The van der Waals surface area contributed by atoms with Crippen molar-refractivity contribution in [2.75, 3.05) is 6.61 Å². The van der Waals surface area contributed by atoms with Crippen molar-refractivity contribution in [1.29, 1.82) is 0 Å². The zero-order valence-electron chi connectivity index (χ0n) is 6.77. The average molecular weight is 247 g/mol. The van der Waals surface area contributed by atoms with Crippen LogP contribution in [-0.2, 0) is 4.79 Å². The molecule has 1 atom stereocenters. The maximum Gasteiger partial charge on any atom is 0.272 e. The van der Waals surface area contributed by atoms with Crippen LogP contribution in [-0.4, -0.2) is 27.5 Å². The molecule has 1 fully saturated rings. The van der Waals surface area contributed by atoms with Crippen LogP contribution in [0, 0.1) is 5.92 Å². The minimum atomic E-state index is -1.94. The van der Waals surface area contributed by atoms with Gasteiger partial charge in [0.2, 0.25) is 0 Å². The third-order valence-corrected chi connectivity index (χ3v) is 2.48. The second-order valence-corrected chi connectivity index (χ2v) is 5.38. The highest BCUT2D eigenvalue weighted by Gasteiger charge is 2.37. The number of rotatable bonds is 3. The molecule has 1 saturated carbocycles. The van der Waals surface area contributed by atoms with Crippen LogP contribution in [0.2, 0.25) is 0 Å². The van der Waals surface area contributed by atoms with E-state index in [-0.39, 0.29) is 12.6 Å². The Balaban J connectivity index is 2.41. The molecule has 1 aliphatic rings. The predicted octanol–water partition coefficient (Wildman–Crippen LogP) is 1.24. The molecule has 1 aliphatic carbocycles. The highest BCUT2D eigenvalue weighted by molar-refractivity contribution is 6.76. The zero-order chi connectivity index (χ0) is 10.1. The van der Waals surface area contributed by atoms with E-state index in [4.69, 9.17) is 39.9 Å². The Hall–Kier alpha value is 0.300. The summed E-state index contributed by atoms with van der Waals surface area (Å²) in [5.41, 5.74) is 0. The van der Waals surface area contributed by atoms with E-state index in [1.54, 1.807) is 0 Å². The van der Waals surface area contributed by atoms with Crippen LogP contribution >= 0.6 is 34.8 Å². The van der Waals surface area contributed by atoms with Crippen molar-refractivity contribution in [2.45, 2.75) is 22.7 Å². The molecule has 1 rings (SSSR count). The monoisotopic (exact) mass is 245 g/mol. The van der Waals surface area contributed by atoms with Crippen molar-refractivity contribution < 1.29 is 9.90 Å². The SMILES string of the molecule is O=C(N[C@@H](CO)C1CC1)C(Cl)(Cl)Cl. The summed E-state index contributed by atoms with van der Waals surface area (Å²) >= 11 is 16.0. The fraction of sp³-hybridized carbons (Fsp3) is 0.857. The number of carbonyl (C=O) groups excluding carboxylic acids is 1. The first-order valence-electron chi connectivity index (χ1n) is 3.93. The highest BCUT2D eigenvalue weighted by Crippen LogP contribution is 2.33. The van der Waals surface area contributed by atoms with Crippen molar-refractivity contribution in [3.05, 3.63) is 0 Å². The molecule has 0 saturated heterocycles. The largest absolute Gasteiger partial charge is 0.394 e. The first-order valence-corrected chi connectivity index (χ1v) is 5.07. The lowest BCUT2D eigenvalue weighted by Gasteiger charge is -2.18. The summed E-state index contributed by atoms with van der Waals surface area (Å²) in [6.07, 6.45) is 2.01. The van der Waals surface area contributed by atoms with E-state index in [1.165, 1.54) is 0 Å². The maximum atomic E-state index is 11.1. The molecule has 0 aromatic heterocycles. The van der Waals surface area contributed by atoms with E-state index >= 15 is 0 Å². The molecule has 0 aliphatic heterocycles. The number of hydrogen-bond donors (Lipinski definition) is 2. The van der Waals surface area contributed by atoms with Crippen molar-refractivity contribution in [2.24, 2.45) is 5.92 Å². The number of alkyl halides is 3. The van der Waals surface area contributed by atoms with Gasteiger partial charge in [0, 0.05) is 0 Å². The van der Waals surface area contributed by atoms with E-state index in [0.29, 0.717) is 5.92 Å². The summed E-state index contributed by atoms with van der Waals surface area (Å²) in [5.74, 6) is -0.343. The number of nitrogens with one attached hydrogen (secondary N) is 1. The molecule has 0 heterocycles. The molecular weight excluding hydrogens is 236 g/mol. The van der Waals surface area contributed by atoms with Crippen LogP contribution in [0.15, 0.2) is 0 Å². The topological polar surface area (TPSA) is 49.3 Å². The Labute approximate surface area is 91.3 Å². The second-order valence-electron chi connectivity index (χ2n) is 3.10. The summed E-state index contributed by atoms with van der Waals surface area (Å²) in [6, 6.07) is -0.275. The molecule has 0 aromatic rings. The molecule has 0 bridgehead atoms. The van der Waals surface area contributed by atoms with Crippen LogP contribution < -0.4 is 5.32 Å². The minimum Gasteiger partial charge on any atom is -0.394 e. The first-order chi connectivity index (χ1) is 5.95. The Bertz CT molecular complexity index is 200. The van der Waals surface area contributed by atoms with Crippen molar-refractivity contribution in [3.63, 3.8) is 0 Å². The molecule has 0 aromatic carbocycles. The first kappa shape index (κ1) is 11.4. The second kappa shape index (κ2) is 4.22. The number of hydrogen-bond acceptors (Lipinski definition) is 2. The van der Waals surface area contributed by atoms with Gasteiger partial charge in [-0.05, 0) is 18.8 Å². The Morgan fingerprint density at radius 1 is 1.54 bits per heavy atom. The van der Waals surface area contributed by atoms with Crippen LogP contribution in [0.25, 0.3) is 0 Å². The van der Waals surface area contributed by atoms with Crippen LogP contribution in [0.3, 0.4) is 0 Å². The van der Waals surface area contributed by atoms with Crippen molar-refractivity contribution in [1.82, 2.24) is 5.32 Å². The number of aliphatic hydroxyl groups is 1. The molecule has 1 amide bonds. The zero-order valence-corrected chi connectivity index (χ0v) is 9.03. The summed E-state index contributed by atoms with van der Waals surface area (Å²) in [4.78, 5) is 11.1. The van der Waals surface area contributed by atoms with Crippen LogP contribution in [0.4, 0.5) is 0 Å². The lowest BCUT2D eigenvalue weighted by Crippen LogP contribution is -2.44. The fourth-order valence-corrected chi connectivity index (χ4v) is 1.23. The average Bonchev–Trinajstić information content (AvgIpc) is 2.80. The molecule has 76 valence electrons. The normalized spacial score (nSPS) is 19.7. The minimum absolute atomic E-state index is 0.114. The summed E-state index contributed by atoms with van der Waals surface area (Å²) < 4.78 is -1.94. The van der Waals surface area contributed by atoms with E-state index in [9.17, 15) is 4.79 Å². The van der Waals surface area contributed by atoms with Crippen molar-refractivity contribution >= 4 is 40.7 Å². The molecule has 3 nitrogen and oxygen atoms in total. The lowest BCUT2D eigenvalue weighted by atomic mass is 10.2. The summed E-state index contributed by atoms with van der Waals surface area (Å²) in [7, 11) is 0. The molecular formula is C7H10Cl3NO2. The van der Waals surface area contributed by atoms with E-state index in [2.05, 4.69) is 5.32 Å². The Morgan fingerprint density at radius 3 is 2.38 bits per heavy atom. The standard InChI is InChI=1S/C7H10Cl3NO2/c8-7(9,10)6(13)11-5(3-12)4-1-2-4/h4-5,12H,1-3H2,(H,11,13)/t5-/m0/s1. The maximum absolute atomic E-state index is 11.1. The number of aliphatic hydroxyl groups excluding tert-OH is 1. The van der Waals surface area contributed by atoms with Gasteiger partial charge in [-0.2, -0.15) is 0 Å². The Kier molecular flexibility index (Phi) is 3.69. The molecule has 0 spiro atoms. The van der Waals surface area contributed by atoms with Gasteiger partial charge in [0.05, 0.1) is 12.6 Å². The van der Waals surface area contributed by atoms with Gasteiger partial charge >= 0.3 is 0 Å². The van der Waals surface area contributed by atoms with Gasteiger partial charge in [-0.3, -0.25) is 4.79 Å². The highest BCUT2D eigenvalue weighted by atomic mass is 35.6. The van der Waals surface area contributed by atoms with Gasteiger partial charge in [0.1, 0.15) is 0 Å². The van der Waals surface area contributed by atoms with Gasteiger partial charge in [-0.15, -0.1) is 0 Å². The molecule has 0 unspecified atom stereocenters. The van der Waals surface area contributed by atoms with Gasteiger partial charge in [0.15, 0.2) is 0 Å². The number of carbonyl (C=O) groups is 1. The molecule has 0 radical (unpaired) electrons. The van der Waals surface area contributed by atoms with E-state index in [0.717, 1.165) is 12.8 Å². The quantitative estimate of drug-likeness (QED) is 0.736. The van der Waals surface area contributed by atoms with Crippen LogP contribution in [0.5, 0.6) is 0 Å².